The second kappa shape index (κ2) is 12.5. The quantitative estimate of drug-likeness (QED) is 0.266. The molecule has 0 aliphatic carbocycles. The lowest BCUT2D eigenvalue weighted by Crippen LogP contribution is -2.45. The summed E-state index contributed by atoms with van der Waals surface area (Å²) in [4.78, 5) is 4.53. The average Bonchev–Trinajstić information content (AvgIpc) is 2.94. The topological polar surface area (TPSA) is 76.4 Å². The second-order valence-corrected chi connectivity index (χ2v) is 5.62. The molecule has 1 aromatic heterocycles. The summed E-state index contributed by atoms with van der Waals surface area (Å²) < 4.78 is 7.12. The molecule has 0 saturated heterocycles. The van der Waals surface area contributed by atoms with Gasteiger partial charge in [0.2, 0.25) is 0 Å². The van der Waals surface area contributed by atoms with E-state index in [2.05, 4.69) is 58.1 Å². The molecule has 0 bridgehead atoms. The van der Waals surface area contributed by atoms with E-state index in [9.17, 15) is 0 Å². The van der Waals surface area contributed by atoms with Gasteiger partial charge in [-0.3, -0.25) is 4.99 Å². The van der Waals surface area contributed by atoms with Crippen LogP contribution in [-0.4, -0.2) is 53.6 Å². The van der Waals surface area contributed by atoms with Crippen LogP contribution in [0, 0.1) is 5.92 Å². The molecule has 0 amide bonds. The molecule has 1 heterocycles. The summed E-state index contributed by atoms with van der Waals surface area (Å²) in [5.41, 5.74) is 0. The van der Waals surface area contributed by atoms with Crippen LogP contribution in [0.2, 0.25) is 0 Å². The van der Waals surface area contributed by atoms with Gasteiger partial charge < -0.3 is 19.9 Å². The Labute approximate surface area is 156 Å². The second-order valence-electron chi connectivity index (χ2n) is 5.62. The highest BCUT2D eigenvalue weighted by Gasteiger charge is 2.09. The molecule has 0 spiro atoms. The van der Waals surface area contributed by atoms with Crippen molar-refractivity contribution in [1.82, 2.24) is 25.4 Å². The molecule has 23 heavy (non-hydrogen) atoms. The van der Waals surface area contributed by atoms with Crippen molar-refractivity contribution in [2.45, 2.75) is 46.7 Å². The van der Waals surface area contributed by atoms with Crippen LogP contribution >= 0.6 is 24.0 Å². The third kappa shape index (κ3) is 8.50. The molecule has 0 aliphatic heterocycles. The number of nitrogens with zero attached hydrogens (tertiary/aromatic N) is 4. The fourth-order valence-corrected chi connectivity index (χ4v) is 1.82. The van der Waals surface area contributed by atoms with Crippen LogP contribution < -0.4 is 10.6 Å². The van der Waals surface area contributed by atoms with Gasteiger partial charge >= 0.3 is 0 Å². The van der Waals surface area contributed by atoms with Crippen molar-refractivity contribution in [2.75, 3.05) is 26.8 Å². The molecule has 134 valence electrons. The molecule has 2 N–H and O–H groups in total. The SMILES string of the molecule is CCc1nncn1CCNC(=NCCOC)NC(C)C(C)C.I. The summed E-state index contributed by atoms with van der Waals surface area (Å²) >= 11 is 0. The summed E-state index contributed by atoms with van der Waals surface area (Å²) in [6, 6.07) is 0.356. The Morgan fingerprint density at radius 2 is 2.13 bits per heavy atom. The van der Waals surface area contributed by atoms with Gasteiger partial charge in [0.05, 0.1) is 13.2 Å². The molecule has 1 atom stereocenters. The number of aliphatic imine (C=N–C) groups is 1. The van der Waals surface area contributed by atoms with Gasteiger partial charge in [-0.1, -0.05) is 20.8 Å². The Kier molecular flexibility index (Phi) is 12.0. The van der Waals surface area contributed by atoms with Gasteiger partial charge in [-0.2, -0.15) is 0 Å². The minimum absolute atomic E-state index is 0. The number of guanidine groups is 1. The van der Waals surface area contributed by atoms with E-state index in [0.717, 1.165) is 31.3 Å². The van der Waals surface area contributed by atoms with Crippen LogP contribution in [0.15, 0.2) is 11.3 Å². The largest absolute Gasteiger partial charge is 0.383 e. The molecule has 7 nitrogen and oxygen atoms in total. The number of halogens is 1. The highest BCUT2D eigenvalue weighted by molar-refractivity contribution is 14.0. The molecule has 1 aromatic rings. The minimum Gasteiger partial charge on any atom is -0.383 e. The summed E-state index contributed by atoms with van der Waals surface area (Å²) in [5.74, 6) is 2.37. The first-order chi connectivity index (χ1) is 10.6. The maximum absolute atomic E-state index is 5.06. The summed E-state index contributed by atoms with van der Waals surface area (Å²) in [6.07, 6.45) is 2.66. The van der Waals surface area contributed by atoms with E-state index in [1.165, 1.54) is 0 Å². The number of hydrogen-bond acceptors (Lipinski definition) is 4. The van der Waals surface area contributed by atoms with Crippen LogP contribution in [0.1, 0.15) is 33.5 Å². The number of hydrogen-bond donors (Lipinski definition) is 2. The van der Waals surface area contributed by atoms with E-state index in [1.54, 1.807) is 13.4 Å². The zero-order chi connectivity index (χ0) is 16.4. The van der Waals surface area contributed by atoms with E-state index >= 15 is 0 Å². The first kappa shape index (κ1) is 22.1. The molecule has 0 saturated carbocycles. The third-order valence-corrected chi connectivity index (χ3v) is 3.59. The zero-order valence-corrected chi connectivity index (χ0v) is 17.2. The Hall–Kier alpha value is -0.900. The highest BCUT2D eigenvalue weighted by Crippen LogP contribution is 1.99. The minimum atomic E-state index is 0. The van der Waals surface area contributed by atoms with Crippen molar-refractivity contribution in [1.29, 1.82) is 0 Å². The number of aryl methyl sites for hydroxylation is 1. The standard InChI is InChI=1S/C15H30N6O.HI/c1-6-14-20-18-11-21(14)9-7-16-15(17-8-10-22-5)19-13(4)12(2)3;/h11-13H,6-10H2,1-5H3,(H2,16,17,19);1H. The zero-order valence-electron chi connectivity index (χ0n) is 14.9. The first-order valence-corrected chi connectivity index (χ1v) is 7.98. The van der Waals surface area contributed by atoms with Crippen LogP contribution in [0.5, 0.6) is 0 Å². The lowest BCUT2D eigenvalue weighted by molar-refractivity contribution is 0.207. The number of nitrogens with one attached hydrogen (secondary N) is 2. The lowest BCUT2D eigenvalue weighted by Gasteiger charge is -2.21. The smallest absolute Gasteiger partial charge is 0.191 e. The third-order valence-electron chi connectivity index (χ3n) is 3.59. The maximum Gasteiger partial charge on any atom is 0.191 e. The molecule has 1 unspecified atom stereocenters. The fourth-order valence-electron chi connectivity index (χ4n) is 1.82. The van der Waals surface area contributed by atoms with Crippen LogP contribution in [0.3, 0.4) is 0 Å². The Bertz CT molecular complexity index is 449. The first-order valence-electron chi connectivity index (χ1n) is 7.98. The van der Waals surface area contributed by atoms with E-state index < -0.39 is 0 Å². The predicted molar refractivity (Wildman–Crippen MR) is 104 cm³/mol. The number of aromatic nitrogens is 3. The van der Waals surface area contributed by atoms with Gasteiger partial charge in [0.15, 0.2) is 5.96 Å². The summed E-state index contributed by atoms with van der Waals surface area (Å²) in [6.45, 7) is 11.5. The van der Waals surface area contributed by atoms with E-state index in [-0.39, 0.29) is 24.0 Å². The Morgan fingerprint density at radius 1 is 1.39 bits per heavy atom. The van der Waals surface area contributed by atoms with Crippen molar-refractivity contribution in [3.8, 4) is 0 Å². The molecule has 0 aromatic carbocycles. The van der Waals surface area contributed by atoms with E-state index in [1.807, 2.05) is 0 Å². The van der Waals surface area contributed by atoms with Crippen molar-refractivity contribution in [2.24, 2.45) is 10.9 Å². The number of rotatable bonds is 9. The molecule has 0 aliphatic rings. The van der Waals surface area contributed by atoms with Crippen molar-refractivity contribution in [3.63, 3.8) is 0 Å². The maximum atomic E-state index is 5.06. The number of ether oxygens (including phenoxy) is 1. The molecule has 8 heteroatoms. The molecule has 0 fully saturated rings. The monoisotopic (exact) mass is 438 g/mol. The van der Waals surface area contributed by atoms with Gasteiger partial charge in [0, 0.05) is 32.7 Å². The normalized spacial score (nSPS) is 12.9. The van der Waals surface area contributed by atoms with Crippen LogP contribution in [-0.2, 0) is 17.7 Å². The van der Waals surface area contributed by atoms with Gasteiger partial charge in [0.1, 0.15) is 12.2 Å². The molecule has 1 rings (SSSR count). The van der Waals surface area contributed by atoms with Crippen LogP contribution in [0.25, 0.3) is 0 Å². The van der Waals surface area contributed by atoms with Crippen LogP contribution in [0.4, 0.5) is 0 Å². The average molecular weight is 438 g/mol. The Morgan fingerprint density at radius 3 is 2.74 bits per heavy atom. The molecule has 0 radical (unpaired) electrons. The van der Waals surface area contributed by atoms with E-state index in [4.69, 9.17) is 4.74 Å². The van der Waals surface area contributed by atoms with E-state index in [0.29, 0.717) is 25.1 Å². The fraction of sp³-hybridized carbons (Fsp3) is 0.800. The Balaban J connectivity index is 0.00000484. The lowest BCUT2D eigenvalue weighted by atomic mass is 10.1. The van der Waals surface area contributed by atoms with Crippen molar-refractivity contribution >= 4 is 29.9 Å². The molecular weight excluding hydrogens is 407 g/mol. The summed E-state index contributed by atoms with van der Waals surface area (Å²) in [5, 5.41) is 14.8. The van der Waals surface area contributed by atoms with Gasteiger partial charge in [-0.15, -0.1) is 34.2 Å². The van der Waals surface area contributed by atoms with Crippen molar-refractivity contribution in [3.05, 3.63) is 12.2 Å². The van der Waals surface area contributed by atoms with Crippen molar-refractivity contribution < 1.29 is 4.74 Å². The van der Waals surface area contributed by atoms with Gasteiger partial charge in [-0.25, -0.2) is 0 Å². The van der Waals surface area contributed by atoms with Gasteiger partial charge in [0.25, 0.3) is 0 Å². The predicted octanol–water partition coefficient (Wildman–Crippen LogP) is 1.68. The summed E-state index contributed by atoms with van der Waals surface area (Å²) in [7, 11) is 1.69. The number of methoxy groups -OCH3 is 1. The molecular formula is C15H31IN6O. The van der Waals surface area contributed by atoms with Gasteiger partial charge in [-0.05, 0) is 12.8 Å². The highest BCUT2D eigenvalue weighted by atomic mass is 127.